The molecule has 0 saturated carbocycles. The summed E-state index contributed by atoms with van der Waals surface area (Å²) in [7, 11) is 0. The van der Waals surface area contributed by atoms with Gasteiger partial charge in [-0.2, -0.15) is 0 Å². The van der Waals surface area contributed by atoms with E-state index in [2.05, 4.69) is 132 Å². The quantitative estimate of drug-likeness (QED) is 0.171. The smallest absolute Gasteiger partial charge is 0.160 e. The highest BCUT2D eigenvalue weighted by Crippen LogP contribution is 2.39. The first-order valence-corrected chi connectivity index (χ1v) is 18.6. The average Bonchev–Trinajstić information content (AvgIpc) is 3.84. The van der Waals surface area contributed by atoms with Gasteiger partial charge in [0.15, 0.2) is 5.82 Å². The standard InChI is InChI=1S/C51H31N3O2/c1-2-9-33(10-3-1)45-30-46(54-51(53-45)34-18-16-32(17-19-34)37-11-8-24-52-31-37)40-26-38(35-20-22-43-41-12-4-6-14-47(41)55-49(43)28-35)25-39(27-40)36-21-23-44-42-13-5-7-15-48(42)56-50(44)29-36/h1-31H. The first-order chi connectivity index (χ1) is 27.7. The molecule has 4 aromatic heterocycles. The molecule has 0 spiro atoms. The molecule has 0 aliphatic carbocycles. The predicted octanol–water partition coefficient (Wildman–Crippen LogP) is 13.7. The number of furan rings is 2. The zero-order chi connectivity index (χ0) is 37.0. The fourth-order valence-corrected chi connectivity index (χ4v) is 7.75. The molecule has 0 fully saturated rings. The van der Waals surface area contributed by atoms with Crippen LogP contribution < -0.4 is 0 Å². The Morgan fingerprint density at radius 1 is 0.304 bits per heavy atom. The van der Waals surface area contributed by atoms with Crippen molar-refractivity contribution in [2.45, 2.75) is 0 Å². The molecule has 0 aliphatic heterocycles. The zero-order valence-electron chi connectivity index (χ0n) is 30.1. The maximum Gasteiger partial charge on any atom is 0.160 e. The number of rotatable bonds is 6. The zero-order valence-corrected chi connectivity index (χ0v) is 30.1. The largest absolute Gasteiger partial charge is 0.456 e. The number of benzene rings is 7. The molecule has 11 rings (SSSR count). The highest BCUT2D eigenvalue weighted by atomic mass is 16.3. The van der Waals surface area contributed by atoms with Crippen molar-refractivity contribution in [2.75, 3.05) is 0 Å². The van der Waals surface area contributed by atoms with Crippen LogP contribution in [0.15, 0.2) is 197 Å². The summed E-state index contributed by atoms with van der Waals surface area (Å²) < 4.78 is 12.7. The molecule has 0 saturated heterocycles. The second-order valence-corrected chi connectivity index (χ2v) is 14.1. The highest BCUT2D eigenvalue weighted by molar-refractivity contribution is 6.07. The Bertz CT molecular complexity index is 3110. The number of hydrogen-bond donors (Lipinski definition) is 0. The van der Waals surface area contributed by atoms with Crippen LogP contribution in [-0.4, -0.2) is 15.0 Å². The summed E-state index contributed by atoms with van der Waals surface area (Å²) in [5.74, 6) is 0.651. The molecule has 0 bridgehead atoms. The van der Waals surface area contributed by atoms with Gasteiger partial charge in [-0.05, 0) is 100 Å². The van der Waals surface area contributed by atoms with Crippen molar-refractivity contribution < 1.29 is 8.83 Å². The maximum atomic E-state index is 6.35. The maximum absolute atomic E-state index is 6.35. The first kappa shape index (κ1) is 31.9. The van der Waals surface area contributed by atoms with E-state index in [0.29, 0.717) is 5.82 Å². The van der Waals surface area contributed by atoms with Gasteiger partial charge in [0.2, 0.25) is 0 Å². The van der Waals surface area contributed by atoms with E-state index in [1.807, 2.05) is 54.7 Å². The van der Waals surface area contributed by atoms with Crippen LogP contribution in [0.2, 0.25) is 0 Å². The van der Waals surface area contributed by atoms with Crippen LogP contribution >= 0.6 is 0 Å². The van der Waals surface area contributed by atoms with E-state index in [9.17, 15) is 0 Å². The molecule has 0 N–H and O–H groups in total. The fourth-order valence-electron chi connectivity index (χ4n) is 7.75. The summed E-state index contributed by atoms with van der Waals surface area (Å²) >= 11 is 0. The molecule has 0 aliphatic rings. The molecule has 0 radical (unpaired) electrons. The van der Waals surface area contributed by atoms with Crippen LogP contribution in [0.3, 0.4) is 0 Å². The number of para-hydroxylation sites is 2. The Hall–Kier alpha value is -7.63. The van der Waals surface area contributed by atoms with Crippen LogP contribution in [0.4, 0.5) is 0 Å². The second-order valence-electron chi connectivity index (χ2n) is 14.1. The minimum atomic E-state index is 0.651. The second kappa shape index (κ2) is 13.0. The first-order valence-electron chi connectivity index (χ1n) is 18.6. The van der Waals surface area contributed by atoms with Gasteiger partial charge in [-0.3, -0.25) is 4.98 Å². The van der Waals surface area contributed by atoms with Gasteiger partial charge in [0.05, 0.1) is 11.4 Å². The summed E-state index contributed by atoms with van der Waals surface area (Å²) in [6.45, 7) is 0. The molecule has 5 nitrogen and oxygen atoms in total. The number of nitrogens with zero attached hydrogens (tertiary/aromatic N) is 3. The molecule has 4 heterocycles. The molecule has 56 heavy (non-hydrogen) atoms. The Morgan fingerprint density at radius 3 is 1.41 bits per heavy atom. The third-order valence-electron chi connectivity index (χ3n) is 10.6. The highest BCUT2D eigenvalue weighted by Gasteiger charge is 2.16. The lowest BCUT2D eigenvalue weighted by Crippen LogP contribution is -1.96. The monoisotopic (exact) mass is 717 g/mol. The molecular formula is C51H31N3O2. The van der Waals surface area contributed by atoms with E-state index in [-0.39, 0.29) is 0 Å². The van der Waals surface area contributed by atoms with Gasteiger partial charge in [-0.15, -0.1) is 0 Å². The molecule has 7 aromatic carbocycles. The summed E-state index contributed by atoms with van der Waals surface area (Å²) in [6, 6.07) is 60.8. The van der Waals surface area contributed by atoms with E-state index in [1.54, 1.807) is 6.20 Å². The van der Waals surface area contributed by atoms with Crippen molar-refractivity contribution in [2.24, 2.45) is 0 Å². The van der Waals surface area contributed by atoms with Gasteiger partial charge in [0.1, 0.15) is 22.3 Å². The summed E-state index contributed by atoms with van der Waals surface area (Å²) in [4.78, 5) is 14.7. The van der Waals surface area contributed by atoms with Crippen molar-refractivity contribution in [1.29, 1.82) is 0 Å². The third kappa shape index (κ3) is 5.62. The van der Waals surface area contributed by atoms with Crippen LogP contribution in [0.5, 0.6) is 0 Å². The van der Waals surface area contributed by atoms with Crippen LogP contribution in [0, 0.1) is 0 Å². The van der Waals surface area contributed by atoms with Crippen molar-refractivity contribution in [1.82, 2.24) is 15.0 Å². The summed E-state index contributed by atoms with van der Waals surface area (Å²) in [5, 5.41) is 4.41. The van der Waals surface area contributed by atoms with Crippen LogP contribution in [0.25, 0.3) is 111 Å². The SMILES string of the molecule is c1ccc(-c2cc(-c3cc(-c4ccc5c(c4)oc4ccccc45)cc(-c4ccc5c(c4)oc4ccccc45)c3)nc(-c3ccc(-c4cccnc4)cc3)n2)cc1. The van der Waals surface area contributed by atoms with Gasteiger partial charge in [-0.1, -0.05) is 109 Å². The Labute approximate surface area is 322 Å². The molecule has 0 amide bonds. The van der Waals surface area contributed by atoms with Gasteiger partial charge in [-0.25, -0.2) is 9.97 Å². The minimum absolute atomic E-state index is 0.651. The van der Waals surface area contributed by atoms with Crippen LogP contribution in [-0.2, 0) is 0 Å². The Balaban J connectivity index is 1.10. The lowest BCUT2D eigenvalue weighted by molar-refractivity contribution is 0.668. The van der Waals surface area contributed by atoms with Gasteiger partial charge < -0.3 is 8.83 Å². The van der Waals surface area contributed by atoms with Crippen molar-refractivity contribution in [3.8, 4) is 67.3 Å². The summed E-state index contributed by atoms with van der Waals surface area (Å²) in [6.07, 6.45) is 3.67. The van der Waals surface area contributed by atoms with E-state index in [4.69, 9.17) is 18.8 Å². The Morgan fingerprint density at radius 2 is 0.804 bits per heavy atom. The van der Waals surface area contributed by atoms with Crippen molar-refractivity contribution in [3.05, 3.63) is 188 Å². The van der Waals surface area contributed by atoms with Gasteiger partial charge in [0.25, 0.3) is 0 Å². The predicted molar refractivity (Wildman–Crippen MR) is 227 cm³/mol. The molecule has 11 aromatic rings. The molecule has 0 atom stereocenters. The number of aromatic nitrogens is 3. The molecule has 262 valence electrons. The van der Waals surface area contributed by atoms with Gasteiger partial charge in [0, 0.05) is 50.6 Å². The average molecular weight is 718 g/mol. The van der Waals surface area contributed by atoms with Crippen LogP contribution in [0.1, 0.15) is 0 Å². The topological polar surface area (TPSA) is 65.0 Å². The Kier molecular flexibility index (Phi) is 7.42. The fraction of sp³-hybridized carbons (Fsp3) is 0. The number of fused-ring (bicyclic) bond motifs is 6. The van der Waals surface area contributed by atoms with Gasteiger partial charge >= 0.3 is 0 Å². The van der Waals surface area contributed by atoms with E-state index < -0.39 is 0 Å². The lowest BCUT2D eigenvalue weighted by Gasteiger charge is -2.13. The minimum Gasteiger partial charge on any atom is -0.456 e. The third-order valence-corrected chi connectivity index (χ3v) is 10.6. The number of pyridine rings is 1. The molecular weight excluding hydrogens is 687 g/mol. The van der Waals surface area contributed by atoms with E-state index in [1.165, 1.54) is 0 Å². The normalized spacial score (nSPS) is 11.6. The number of hydrogen-bond acceptors (Lipinski definition) is 5. The summed E-state index contributed by atoms with van der Waals surface area (Å²) in [5.41, 5.74) is 14.4. The lowest BCUT2D eigenvalue weighted by atomic mass is 9.93. The van der Waals surface area contributed by atoms with E-state index >= 15 is 0 Å². The van der Waals surface area contributed by atoms with Crippen molar-refractivity contribution in [3.63, 3.8) is 0 Å². The molecule has 0 unspecified atom stereocenters. The van der Waals surface area contributed by atoms with E-state index in [0.717, 1.165) is 105 Å². The van der Waals surface area contributed by atoms with Crippen molar-refractivity contribution >= 4 is 43.9 Å². The molecule has 5 heteroatoms.